The molecule has 4 atom stereocenters. The quantitative estimate of drug-likeness (QED) is 0.381. The first-order valence-corrected chi connectivity index (χ1v) is 12.3. The SMILES string of the molecule is Cc1ccc2scc(C(=O)N[C@@H]3C[C@H]4C[C@@H]([C@@H]3CC=CCCCC(=O)O)C4(C)C)c2c1. The third kappa shape index (κ3) is 4.43. The molecule has 0 aliphatic heterocycles. The number of amides is 1. The smallest absolute Gasteiger partial charge is 0.303 e. The lowest BCUT2D eigenvalue weighted by molar-refractivity contribution is -0.137. The van der Waals surface area contributed by atoms with Crippen molar-refractivity contribution in [3.63, 3.8) is 0 Å². The van der Waals surface area contributed by atoms with Crippen LogP contribution in [0.15, 0.2) is 35.7 Å². The molecule has 1 heterocycles. The topological polar surface area (TPSA) is 66.4 Å². The molecule has 2 N–H and O–H groups in total. The molecule has 3 fully saturated rings. The summed E-state index contributed by atoms with van der Waals surface area (Å²) in [5.74, 6) is 1.06. The van der Waals surface area contributed by atoms with E-state index in [0.29, 0.717) is 29.6 Å². The number of unbranched alkanes of at least 4 members (excludes halogenated alkanes) is 1. The van der Waals surface area contributed by atoms with Crippen molar-refractivity contribution in [2.24, 2.45) is 23.2 Å². The molecule has 4 nitrogen and oxygen atoms in total. The van der Waals surface area contributed by atoms with Crippen molar-refractivity contribution in [2.75, 3.05) is 0 Å². The van der Waals surface area contributed by atoms with Gasteiger partial charge in [-0.3, -0.25) is 9.59 Å². The molecule has 0 spiro atoms. The summed E-state index contributed by atoms with van der Waals surface area (Å²) in [6, 6.07) is 6.51. The number of rotatable bonds is 8. The second kappa shape index (κ2) is 8.78. The Hall–Kier alpha value is -2.14. The van der Waals surface area contributed by atoms with Crippen LogP contribution in [0.1, 0.15) is 68.3 Å². The maximum Gasteiger partial charge on any atom is 0.303 e. The molecule has 0 radical (unpaired) electrons. The molecule has 0 unspecified atom stereocenters. The van der Waals surface area contributed by atoms with Gasteiger partial charge in [0.15, 0.2) is 0 Å². The summed E-state index contributed by atoms with van der Waals surface area (Å²) in [4.78, 5) is 23.9. The van der Waals surface area contributed by atoms with Gasteiger partial charge in [-0.1, -0.05) is 37.6 Å². The maximum atomic E-state index is 13.2. The first-order valence-electron chi connectivity index (χ1n) is 11.4. The van der Waals surface area contributed by atoms with Gasteiger partial charge in [0.05, 0.1) is 5.56 Å². The number of nitrogens with one attached hydrogen (secondary N) is 1. The number of aliphatic carboxylic acids is 1. The Labute approximate surface area is 188 Å². The molecule has 0 saturated heterocycles. The molecule has 2 bridgehead atoms. The minimum Gasteiger partial charge on any atom is -0.481 e. The van der Waals surface area contributed by atoms with Crippen molar-refractivity contribution >= 4 is 33.3 Å². The molecule has 5 heteroatoms. The van der Waals surface area contributed by atoms with Crippen LogP contribution < -0.4 is 5.32 Å². The van der Waals surface area contributed by atoms with Crippen LogP contribution in [0.25, 0.3) is 10.1 Å². The maximum absolute atomic E-state index is 13.2. The van der Waals surface area contributed by atoms with Crippen LogP contribution >= 0.6 is 11.3 Å². The fraction of sp³-hybridized carbons (Fsp3) is 0.538. The molecule has 166 valence electrons. The second-order valence-electron chi connectivity index (χ2n) is 9.98. The van der Waals surface area contributed by atoms with Gasteiger partial charge < -0.3 is 10.4 Å². The number of thiophene rings is 1. The van der Waals surface area contributed by atoms with Gasteiger partial charge in [0.25, 0.3) is 5.91 Å². The van der Waals surface area contributed by atoms with Crippen LogP contribution in [-0.2, 0) is 4.79 Å². The highest BCUT2D eigenvalue weighted by atomic mass is 32.1. The van der Waals surface area contributed by atoms with Crippen LogP contribution in [-0.4, -0.2) is 23.0 Å². The van der Waals surface area contributed by atoms with Crippen LogP contribution in [0.2, 0.25) is 0 Å². The van der Waals surface area contributed by atoms with Gasteiger partial charge in [0, 0.05) is 27.9 Å². The monoisotopic (exact) mass is 439 g/mol. The van der Waals surface area contributed by atoms with E-state index in [4.69, 9.17) is 5.11 Å². The van der Waals surface area contributed by atoms with Gasteiger partial charge in [-0.15, -0.1) is 11.3 Å². The predicted molar refractivity (Wildman–Crippen MR) is 127 cm³/mol. The van der Waals surface area contributed by atoms with Gasteiger partial charge in [-0.25, -0.2) is 0 Å². The Morgan fingerprint density at radius 1 is 1.26 bits per heavy atom. The molecule has 3 aliphatic rings. The molecule has 1 aromatic heterocycles. The molecule has 1 amide bonds. The number of hydrogen-bond donors (Lipinski definition) is 2. The van der Waals surface area contributed by atoms with E-state index in [-0.39, 0.29) is 18.4 Å². The minimum absolute atomic E-state index is 0.0522. The van der Waals surface area contributed by atoms with Crippen molar-refractivity contribution in [2.45, 2.75) is 65.3 Å². The third-order valence-electron chi connectivity index (χ3n) is 7.74. The average Bonchev–Trinajstić information content (AvgIpc) is 3.13. The van der Waals surface area contributed by atoms with Crippen LogP contribution in [0.5, 0.6) is 0 Å². The lowest BCUT2D eigenvalue weighted by Gasteiger charge is -2.62. The second-order valence-corrected chi connectivity index (χ2v) is 10.9. The summed E-state index contributed by atoms with van der Waals surface area (Å²) in [5.41, 5.74) is 2.31. The number of carboxylic acids is 1. The van der Waals surface area contributed by atoms with E-state index in [1.54, 1.807) is 11.3 Å². The Morgan fingerprint density at radius 3 is 2.81 bits per heavy atom. The minimum atomic E-state index is -0.734. The third-order valence-corrected chi connectivity index (χ3v) is 8.71. The number of benzene rings is 1. The standard InChI is InChI=1S/C26H33NO3S/c1-16-10-11-23-19(12-16)20(15-31-23)25(30)27-22-14-17-13-21(26(17,2)3)18(22)8-6-4-5-7-9-24(28)29/h4,6,10-12,15,17-18,21-22H,5,7-9,13-14H2,1-3H3,(H,27,30)(H,28,29)/t17-,18+,21+,22-/m1/s1. The summed E-state index contributed by atoms with van der Waals surface area (Å²) in [6.07, 6.45) is 9.29. The molecular formula is C26H33NO3S. The van der Waals surface area contributed by atoms with Crippen molar-refractivity contribution in [1.29, 1.82) is 0 Å². The number of hydrogen-bond acceptors (Lipinski definition) is 3. The lowest BCUT2D eigenvalue weighted by Crippen LogP contribution is -2.61. The summed E-state index contributed by atoms with van der Waals surface area (Å²) in [6.45, 7) is 6.82. The van der Waals surface area contributed by atoms with E-state index in [1.165, 1.54) is 12.0 Å². The molecule has 1 aromatic carbocycles. The zero-order valence-electron chi connectivity index (χ0n) is 18.7. The predicted octanol–water partition coefficient (Wildman–Crippen LogP) is 6.19. The molecule has 31 heavy (non-hydrogen) atoms. The Bertz CT molecular complexity index is 1010. The average molecular weight is 440 g/mol. The van der Waals surface area contributed by atoms with Crippen molar-refractivity contribution < 1.29 is 14.7 Å². The van der Waals surface area contributed by atoms with Gasteiger partial charge in [0.1, 0.15) is 0 Å². The van der Waals surface area contributed by atoms with Gasteiger partial charge in [-0.2, -0.15) is 0 Å². The highest BCUT2D eigenvalue weighted by Gasteiger charge is 2.57. The fourth-order valence-corrected chi connectivity index (χ4v) is 6.67. The van der Waals surface area contributed by atoms with Crippen molar-refractivity contribution in [1.82, 2.24) is 5.32 Å². The van der Waals surface area contributed by atoms with Gasteiger partial charge in [-0.05, 0) is 74.3 Å². The van der Waals surface area contributed by atoms with Crippen LogP contribution in [0, 0.1) is 30.1 Å². The summed E-state index contributed by atoms with van der Waals surface area (Å²) in [5, 5.41) is 15.2. The lowest BCUT2D eigenvalue weighted by atomic mass is 9.44. The van der Waals surface area contributed by atoms with E-state index in [0.717, 1.165) is 34.9 Å². The first-order chi connectivity index (χ1) is 14.8. The van der Waals surface area contributed by atoms with Gasteiger partial charge >= 0.3 is 5.97 Å². The van der Waals surface area contributed by atoms with Crippen LogP contribution in [0.4, 0.5) is 0 Å². The van der Waals surface area contributed by atoms with Crippen molar-refractivity contribution in [3.8, 4) is 0 Å². The Morgan fingerprint density at radius 2 is 2.06 bits per heavy atom. The Balaban J connectivity index is 1.45. The number of carbonyl (C=O) groups is 2. The van der Waals surface area contributed by atoms with Crippen molar-refractivity contribution in [3.05, 3.63) is 46.9 Å². The summed E-state index contributed by atoms with van der Waals surface area (Å²) in [7, 11) is 0. The zero-order chi connectivity index (χ0) is 22.2. The molecule has 5 rings (SSSR count). The molecular weight excluding hydrogens is 406 g/mol. The van der Waals surface area contributed by atoms with E-state index >= 15 is 0 Å². The zero-order valence-corrected chi connectivity index (χ0v) is 19.5. The number of aryl methyl sites for hydroxylation is 1. The normalized spacial score (nSPS) is 26.7. The number of allylic oxidation sites excluding steroid dienone is 2. The highest BCUT2D eigenvalue weighted by Crippen LogP contribution is 2.62. The fourth-order valence-electron chi connectivity index (χ4n) is 5.75. The van der Waals surface area contributed by atoms with E-state index in [2.05, 4.69) is 56.4 Å². The molecule has 3 saturated carbocycles. The Kier molecular flexibility index (Phi) is 6.25. The summed E-state index contributed by atoms with van der Waals surface area (Å²) >= 11 is 1.63. The van der Waals surface area contributed by atoms with Crippen LogP contribution in [0.3, 0.4) is 0 Å². The highest BCUT2D eigenvalue weighted by molar-refractivity contribution is 7.17. The number of carboxylic acid groups (broad SMARTS) is 1. The largest absolute Gasteiger partial charge is 0.481 e. The van der Waals surface area contributed by atoms with E-state index < -0.39 is 5.97 Å². The van der Waals surface area contributed by atoms with E-state index in [1.807, 2.05) is 5.38 Å². The molecule has 3 aliphatic carbocycles. The van der Waals surface area contributed by atoms with Gasteiger partial charge in [0.2, 0.25) is 0 Å². The molecule has 2 aromatic rings. The first kappa shape index (κ1) is 22.1. The van der Waals surface area contributed by atoms with E-state index in [9.17, 15) is 9.59 Å². The number of fused-ring (bicyclic) bond motifs is 3. The summed E-state index contributed by atoms with van der Waals surface area (Å²) < 4.78 is 1.16. The number of carbonyl (C=O) groups excluding carboxylic acids is 1.